The zero-order valence-corrected chi connectivity index (χ0v) is 18.3. The van der Waals surface area contributed by atoms with Gasteiger partial charge in [0, 0.05) is 13.1 Å². The van der Waals surface area contributed by atoms with Crippen LogP contribution >= 0.6 is 0 Å². The first-order valence-corrected chi connectivity index (χ1v) is 11.8. The number of phenols is 2. The van der Waals surface area contributed by atoms with E-state index in [9.17, 15) is 23.7 Å². The minimum atomic E-state index is -3.55. The maximum atomic E-state index is 11.4. The van der Waals surface area contributed by atoms with Gasteiger partial charge in [0.05, 0.1) is 18.0 Å². The summed E-state index contributed by atoms with van der Waals surface area (Å²) in [6.07, 6.45) is 0.0919. The number of aliphatic hydroxyl groups is 1. The lowest BCUT2D eigenvalue weighted by Crippen LogP contribution is -2.26. The molecule has 0 spiro atoms. The number of aliphatic hydroxyl groups excluding tert-OH is 1. The molecule has 9 heteroatoms. The molecule has 0 aromatic heterocycles. The summed E-state index contributed by atoms with van der Waals surface area (Å²) in [5.41, 5.74) is 2.36. The number of benzene rings is 3. The lowest BCUT2D eigenvalue weighted by atomic mass is 10.1. The van der Waals surface area contributed by atoms with Crippen LogP contribution in [0, 0.1) is 0 Å². The number of phenolic OH excluding ortho intramolecular Hbond substituents is 2. The van der Waals surface area contributed by atoms with E-state index >= 15 is 0 Å². The monoisotopic (exact) mass is 458 g/mol. The van der Waals surface area contributed by atoms with E-state index in [1.165, 1.54) is 18.2 Å². The second kappa shape index (κ2) is 10.4. The summed E-state index contributed by atoms with van der Waals surface area (Å²) in [5.74, 6) is 0.695. The van der Waals surface area contributed by atoms with Gasteiger partial charge in [-0.3, -0.25) is 4.72 Å². The number of hydrogen-bond donors (Lipinski definition) is 5. The summed E-state index contributed by atoms with van der Waals surface area (Å²) in [4.78, 5) is 0. The molecule has 8 nitrogen and oxygen atoms in total. The lowest BCUT2D eigenvalue weighted by Gasteiger charge is -2.15. The molecule has 1 unspecified atom stereocenters. The Balaban J connectivity index is 1.45. The van der Waals surface area contributed by atoms with Crippen molar-refractivity contribution in [2.24, 2.45) is 0 Å². The summed E-state index contributed by atoms with van der Waals surface area (Å²) in [6, 6.07) is 18.8. The van der Waals surface area contributed by atoms with Gasteiger partial charge >= 0.3 is 0 Å². The Hall–Kier alpha value is -3.27. The van der Waals surface area contributed by atoms with E-state index in [-0.39, 0.29) is 23.7 Å². The smallest absolute Gasteiger partial charge is 0.229 e. The first-order chi connectivity index (χ1) is 15.2. The van der Waals surface area contributed by atoms with Crippen LogP contribution in [0.3, 0.4) is 0 Å². The Bertz CT molecular complexity index is 1150. The van der Waals surface area contributed by atoms with E-state index in [0.717, 1.165) is 17.4 Å². The van der Waals surface area contributed by atoms with Gasteiger partial charge in [-0.25, -0.2) is 8.42 Å². The van der Waals surface area contributed by atoms with Gasteiger partial charge in [0.25, 0.3) is 0 Å². The lowest BCUT2D eigenvalue weighted by molar-refractivity contribution is 0.172. The molecule has 5 N–H and O–H groups in total. The average molecular weight is 459 g/mol. The minimum absolute atomic E-state index is 0.0153. The standard InChI is InChI=1S/C23H26N2O6S/c1-32(29,30)25-21-14-18(7-10-22(21)27)23(28)15-24-11-12-31-20-8-5-16(6-9-20)17-3-2-4-19(26)13-17/h2-10,13-14,23-28H,11-12,15H2,1H3. The number of aromatic hydroxyl groups is 2. The number of sulfonamides is 1. The van der Waals surface area contributed by atoms with Crippen molar-refractivity contribution in [3.8, 4) is 28.4 Å². The molecule has 0 saturated heterocycles. The number of rotatable bonds is 10. The van der Waals surface area contributed by atoms with Gasteiger partial charge < -0.3 is 25.4 Å². The van der Waals surface area contributed by atoms with Crippen LogP contribution in [0.5, 0.6) is 17.2 Å². The van der Waals surface area contributed by atoms with Crippen molar-refractivity contribution in [1.82, 2.24) is 5.32 Å². The molecule has 0 bridgehead atoms. The van der Waals surface area contributed by atoms with Crippen LogP contribution in [0.1, 0.15) is 11.7 Å². The molecule has 0 saturated carbocycles. The third-order valence-corrected chi connectivity index (χ3v) is 5.21. The van der Waals surface area contributed by atoms with E-state index in [2.05, 4.69) is 10.0 Å². The third-order valence-electron chi connectivity index (χ3n) is 4.62. The molecular formula is C23H26N2O6S. The van der Waals surface area contributed by atoms with Gasteiger partial charge in [-0.15, -0.1) is 0 Å². The fourth-order valence-corrected chi connectivity index (χ4v) is 3.63. The molecule has 1 atom stereocenters. The first-order valence-electron chi connectivity index (χ1n) is 9.93. The Labute approximate surface area is 187 Å². The Morgan fingerprint density at radius 1 is 0.969 bits per heavy atom. The number of hydrogen-bond acceptors (Lipinski definition) is 7. The molecule has 32 heavy (non-hydrogen) atoms. The van der Waals surface area contributed by atoms with Crippen molar-refractivity contribution >= 4 is 15.7 Å². The SMILES string of the molecule is CS(=O)(=O)Nc1cc(C(O)CNCCOc2ccc(-c3cccc(O)c3)cc2)ccc1O. The third kappa shape index (κ3) is 6.88. The Morgan fingerprint density at radius 2 is 1.72 bits per heavy atom. The van der Waals surface area contributed by atoms with E-state index in [0.29, 0.717) is 24.5 Å². The highest BCUT2D eigenvalue weighted by atomic mass is 32.2. The van der Waals surface area contributed by atoms with Crippen LogP contribution in [-0.2, 0) is 10.0 Å². The Morgan fingerprint density at radius 3 is 2.41 bits per heavy atom. The van der Waals surface area contributed by atoms with Crippen molar-refractivity contribution in [3.05, 3.63) is 72.3 Å². The van der Waals surface area contributed by atoms with Crippen LogP contribution in [0.4, 0.5) is 5.69 Å². The van der Waals surface area contributed by atoms with Crippen LogP contribution in [0.15, 0.2) is 66.7 Å². The van der Waals surface area contributed by atoms with Crippen molar-refractivity contribution in [3.63, 3.8) is 0 Å². The van der Waals surface area contributed by atoms with Crippen LogP contribution in [-0.4, -0.2) is 49.7 Å². The fourth-order valence-electron chi connectivity index (χ4n) is 3.07. The average Bonchev–Trinajstić information content (AvgIpc) is 2.74. The second-order valence-corrected chi connectivity index (χ2v) is 9.04. The summed E-state index contributed by atoms with van der Waals surface area (Å²) >= 11 is 0. The number of nitrogens with one attached hydrogen (secondary N) is 2. The summed E-state index contributed by atoms with van der Waals surface area (Å²) in [7, 11) is -3.55. The second-order valence-electron chi connectivity index (χ2n) is 7.29. The Kier molecular flexibility index (Phi) is 7.57. The van der Waals surface area contributed by atoms with Crippen LogP contribution < -0.4 is 14.8 Å². The van der Waals surface area contributed by atoms with Gasteiger partial charge in [-0.2, -0.15) is 0 Å². The molecule has 0 fully saturated rings. The largest absolute Gasteiger partial charge is 0.508 e. The highest BCUT2D eigenvalue weighted by Crippen LogP contribution is 2.28. The summed E-state index contributed by atoms with van der Waals surface area (Å²) < 4.78 is 30.7. The van der Waals surface area contributed by atoms with E-state index in [4.69, 9.17) is 4.74 Å². The zero-order chi connectivity index (χ0) is 23.1. The molecule has 0 radical (unpaired) electrons. The quantitative estimate of drug-likeness (QED) is 0.233. The predicted octanol–water partition coefficient (Wildman–Crippen LogP) is 2.84. The van der Waals surface area contributed by atoms with E-state index < -0.39 is 16.1 Å². The molecule has 0 amide bonds. The molecule has 3 aromatic rings. The topological polar surface area (TPSA) is 128 Å². The van der Waals surface area contributed by atoms with Gasteiger partial charge in [0.2, 0.25) is 10.0 Å². The first kappa shape index (κ1) is 23.4. The molecular weight excluding hydrogens is 432 g/mol. The molecule has 170 valence electrons. The minimum Gasteiger partial charge on any atom is -0.508 e. The zero-order valence-electron chi connectivity index (χ0n) is 17.5. The fraction of sp³-hybridized carbons (Fsp3) is 0.217. The van der Waals surface area contributed by atoms with Gasteiger partial charge in [0.1, 0.15) is 23.9 Å². The van der Waals surface area contributed by atoms with Crippen molar-refractivity contribution in [2.75, 3.05) is 30.7 Å². The molecule has 0 aliphatic heterocycles. The van der Waals surface area contributed by atoms with Crippen LogP contribution in [0.2, 0.25) is 0 Å². The molecule has 3 rings (SSSR count). The molecule has 0 aliphatic rings. The highest BCUT2D eigenvalue weighted by molar-refractivity contribution is 7.92. The van der Waals surface area contributed by atoms with Crippen LogP contribution in [0.25, 0.3) is 11.1 Å². The number of ether oxygens (including phenoxy) is 1. The maximum Gasteiger partial charge on any atom is 0.229 e. The van der Waals surface area contributed by atoms with Crippen molar-refractivity contribution in [1.29, 1.82) is 0 Å². The van der Waals surface area contributed by atoms with Crippen molar-refractivity contribution < 1.29 is 28.5 Å². The van der Waals surface area contributed by atoms with Crippen molar-refractivity contribution in [2.45, 2.75) is 6.10 Å². The predicted molar refractivity (Wildman–Crippen MR) is 123 cm³/mol. The summed E-state index contributed by atoms with van der Waals surface area (Å²) in [5, 5.41) is 32.8. The maximum absolute atomic E-state index is 11.4. The van der Waals surface area contributed by atoms with E-state index in [1.54, 1.807) is 18.2 Å². The molecule has 0 aliphatic carbocycles. The van der Waals surface area contributed by atoms with Gasteiger partial charge in [-0.05, 0) is 53.1 Å². The normalized spacial score (nSPS) is 12.3. The van der Waals surface area contributed by atoms with Gasteiger partial charge in [0.15, 0.2) is 0 Å². The molecule has 0 heterocycles. The highest BCUT2D eigenvalue weighted by Gasteiger charge is 2.12. The summed E-state index contributed by atoms with van der Waals surface area (Å²) in [6.45, 7) is 1.09. The van der Waals surface area contributed by atoms with E-state index in [1.807, 2.05) is 30.3 Å². The molecule has 3 aromatic carbocycles. The van der Waals surface area contributed by atoms with Gasteiger partial charge in [-0.1, -0.05) is 30.3 Å². The number of anilines is 1.